The second-order valence-electron chi connectivity index (χ2n) is 5.98. The molecule has 0 atom stereocenters. The highest BCUT2D eigenvalue weighted by molar-refractivity contribution is 5.68. The first kappa shape index (κ1) is 15.1. The van der Waals surface area contributed by atoms with Gasteiger partial charge in [0.2, 0.25) is 0 Å². The Kier molecular flexibility index (Phi) is 3.23. The number of hydrogen-bond acceptors (Lipinski definition) is 5. The van der Waals surface area contributed by atoms with Gasteiger partial charge in [-0.15, -0.1) is 0 Å². The summed E-state index contributed by atoms with van der Waals surface area (Å²) in [5.74, 6) is 0.713. The van der Waals surface area contributed by atoms with E-state index >= 15 is 0 Å². The monoisotopic (exact) mass is 310 g/mol. The van der Waals surface area contributed by atoms with Gasteiger partial charge in [0.1, 0.15) is 23.6 Å². The molecule has 0 radical (unpaired) electrons. The van der Waals surface area contributed by atoms with Gasteiger partial charge in [0.25, 0.3) is 0 Å². The van der Waals surface area contributed by atoms with Crippen molar-refractivity contribution in [1.82, 2.24) is 0 Å². The van der Waals surface area contributed by atoms with Crippen LogP contribution in [0.4, 0.5) is 0 Å². The minimum absolute atomic E-state index is 0.246. The molecule has 0 bridgehead atoms. The standard InChI is InChI=1S/C19H10N4O/c1-19(2)15-5-11(7-20)3-13(9-22)17(15)24-18-14(10-23)4-12(8-21)6-16(18)19/h3-6H,1-2H3. The molecule has 1 aliphatic heterocycles. The fourth-order valence-electron chi connectivity index (χ4n) is 2.95. The van der Waals surface area contributed by atoms with E-state index < -0.39 is 5.41 Å². The van der Waals surface area contributed by atoms with Gasteiger partial charge < -0.3 is 4.74 Å². The summed E-state index contributed by atoms with van der Waals surface area (Å²) in [6.07, 6.45) is 0. The SMILES string of the molecule is CC1(C)c2cc(C#N)cc(C#N)c2Oc2c(C#N)cc(C#N)cc21. The summed E-state index contributed by atoms with van der Waals surface area (Å²) in [6.45, 7) is 3.83. The molecule has 5 heteroatoms. The minimum Gasteiger partial charge on any atom is -0.454 e. The van der Waals surface area contributed by atoms with Crippen LogP contribution in [0.3, 0.4) is 0 Å². The average molecular weight is 310 g/mol. The number of nitriles is 4. The third kappa shape index (κ3) is 1.98. The molecule has 0 aromatic heterocycles. The molecule has 0 spiro atoms. The van der Waals surface area contributed by atoms with E-state index in [2.05, 4.69) is 0 Å². The lowest BCUT2D eigenvalue weighted by Gasteiger charge is -2.35. The molecule has 112 valence electrons. The smallest absolute Gasteiger partial charge is 0.149 e. The highest BCUT2D eigenvalue weighted by Crippen LogP contribution is 2.50. The van der Waals surface area contributed by atoms with Gasteiger partial charge in [-0.05, 0) is 24.3 Å². The first-order valence-electron chi connectivity index (χ1n) is 7.11. The van der Waals surface area contributed by atoms with Gasteiger partial charge in [-0.1, -0.05) is 13.8 Å². The number of benzene rings is 2. The van der Waals surface area contributed by atoms with Crippen LogP contribution in [-0.2, 0) is 5.41 Å². The van der Waals surface area contributed by atoms with E-state index in [-0.39, 0.29) is 11.1 Å². The van der Waals surface area contributed by atoms with Crippen molar-refractivity contribution in [2.75, 3.05) is 0 Å². The second kappa shape index (κ2) is 5.13. The predicted octanol–water partition coefficient (Wildman–Crippen LogP) is 3.60. The van der Waals surface area contributed by atoms with Gasteiger partial charge >= 0.3 is 0 Å². The summed E-state index contributed by atoms with van der Waals surface area (Å²) in [5.41, 5.74) is 1.96. The van der Waals surface area contributed by atoms with Crippen molar-refractivity contribution in [3.8, 4) is 35.8 Å². The van der Waals surface area contributed by atoms with E-state index in [4.69, 9.17) is 4.74 Å². The molecule has 0 saturated carbocycles. The van der Waals surface area contributed by atoms with Gasteiger partial charge in [0, 0.05) is 16.5 Å². The summed E-state index contributed by atoms with van der Waals surface area (Å²) >= 11 is 0. The largest absolute Gasteiger partial charge is 0.454 e. The molecule has 0 amide bonds. The highest BCUT2D eigenvalue weighted by atomic mass is 16.5. The van der Waals surface area contributed by atoms with Crippen LogP contribution in [0.25, 0.3) is 0 Å². The van der Waals surface area contributed by atoms with Crippen LogP contribution in [0, 0.1) is 45.3 Å². The molecule has 2 aromatic carbocycles. The Balaban J connectivity index is 2.40. The number of nitrogens with zero attached hydrogens (tertiary/aromatic N) is 4. The van der Waals surface area contributed by atoms with E-state index in [1.165, 1.54) is 12.1 Å². The lowest BCUT2D eigenvalue weighted by Crippen LogP contribution is -2.26. The zero-order chi connectivity index (χ0) is 17.5. The van der Waals surface area contributed by atoms with Gasteiger partial charge in [0.15, 0.2) is 0 Å². The summed E-state index contributed by atoms with van der Waals surface area (Å²) in [6, 6.07) is 14.5. The number of ether oxygens (including phenoxy) is 1. The van der Waals surface area contributed by atoms with Crippen LogP contribution in [0.5, 0.6) is 11.5 Å². The maximum Gasteiger partial charge on any atom is 0.149 e. The zero-order valence-electron chi connectivity index (χ0n) is 13.0. The Labute approximate surface area is 139 Å². The first-order valence-corrected chi connectivity index (χ1v) is 7.11. The van der Waals surface area contributed by atoms with Crippen molar-refractivity contribution in [1.29, 1.82) is 21.0 Å². The summed E-state index contributed by atoms with van der Waals surface area (Å²) in [4.78, 5) is 0. The molecule has 1 aliphatic rings. The maximum atomic E-state index is 9.39. The predicted molar refractivity (Wildman–Crippen MR) is 83.9 cm³/mol. The molecule has 5 nitrogen and oxygen atoms in total. The normalized spacial score (nSPS) is 13.1. The molecule has 2 aromatic rings. The van der Waals surface area contributed by atoms with Gasteiger partial charge in [-0.2, -0.15) is 21.0 Å². The van der Waals surface area contributed by atoms with Crippen molar-refractivity contribution >= 4 is 0 Å². The van der Waals surface area contributed by atoms with Gasteiger partial charge in [-0.25, -0.2) is 0 Å². The van der Waals surface area contributed by atoms with Crippen LogP contribution in [0.15, 0.2) is 24.3 Å². The minimum atomic E-state index is -0.625. The molecule has 1 heterocycles. The van der Waals surface area contributed by atoms with Crippen molar-refractivity contribution < 1.29 is 4.74 Å². The third-order valence-corrected chi connectivity index (χ3v) is 4.23. The topological polar surface area (TPSA) is 104 Å². The van der Waals surface area contributed by atoms with Gasteiger partial charge in [0.05, 0.1) is 34.4 Å². The van der Waals surface area contributed by atoms with Crippen molar-refractivity contribution in [3.05, 3.63) is 57.6 Å². The first-order chi connectivity index (χ1) is 11.5. The van der Waals surface area contributed by atoms with Crippen LogP contribution < -0.4 is 4.74 Å². The molecule has 0 fully saturated rings. The summed E-state index contributed by atoms with van der Waals surface area (Å²) in [5, 5.41) is 37.2. The van der Waals surface area contributed by atoms with E-state index in [0.717, 1.165) is 0 Å². The zero-order valence-corrected chi connectivity index (χ0v) is 13.0. The molecule has 0 N–H and O–H groups in total. The van der Waals surface area contributed by atoms with Crippen molar-refractivity contribution in [2.45, 2.75) is 19.3 Å². The van der Waals surface area contributed by atoms with Crippen LogP contribution in [0.2, 0.25) is 0 Å². The fraction of sp³-hybridized carbons (Fsp3) is 0.158. The van der Waals surface area contributed by atoms with E-state index in [9.17, 15) is 21.0 Å². The average Bonchev–Trinajstić information content (AvgIpc) is 2.60. The summed E-state index contributed by atoms with van der Waals surface area (Å²) in [7, 11) is 0. The van der Waals surface area contributed by atoms with Crippen LogP contribution >= 0.6 is 0 Å². The Morgan fingerprint density at radius 2 is 1.12 bits per heavy atom. The van der Waals surface area contributed by atoms with Crippen molar-refractivity contribution in [3.63, 3.8) is 0 Å². The Hall–Kier alpha value is -3.80. The highest BCUT2D eigenvalue weighted by Gasteiger charge is 2.37. The van der Waals surface area contributed by atoms with Crippen LogP contribution in [0.1, 0.15) is 47.2 Å². The maximum absolute atomic E-state index is 9.39. The lowest BCUT2D eigenvalue weighted by molar-refractivity contribution is 0.415. The lowest BCUT2D eigenvalue weighted by atomic mass is 9.73. The summed E-state index contributed by atoms with van der Waals surface area (Å²) < 4.78 is 5.89. The molecular formula is C19H10N4O. The van der Waals surface area contributed by atoms with Gasteiger partial charge in [-0.3, -0.25) is 0 Å². The Bertz CT molecular complexity index is 970. The molecule has 3 rings (SSSR count). The third-order valence-electron chi connectivity index (χ3n) is 4.23. The van der Waals surface area contributed by atoms with Crippen LogP contribution in [-0.4, -0.2) is 0 Å². The Morgan fingerprint density at radius 1 is 0.708 bits per heavy atom. The second-order valence-corrected chi connectivity index (χ2v) is 5.98. The quantitative estimate of drug-likeness (QED) is 0.739. The number of hydrogen-bond donors (Lipinski definition) is 0. The van der Waals surface area contributed by atoms with E-state index in [1.807, 2.05) is 38.1 Å². The number of rotatable bonds is 0. The molecule has 0 unspecified atom stereocenters. The van der Waals surface area contributed by atoms with E-state index in [1.54, 1.807) is 12.1 Å². The Morgan fingerprint density at radius 3 is 1.46 bits per heavy atom. The van der Waals surface area contributed by atoms with Crippen molar-refractivity contribution in [2.24, 2.45) is 0 Å². The fourth-order valence-corrected chi connectivity index (χ4v) is 2.95. The number of fused-ring (bicyclic) bond motifs is 2. The molecule has 0 saturated heterocycles. The van der Waals surface area contributed by atoms with E-state index in [0.29, 0.717) is 33.8 Å². The molecule has 24 heavy (non-hydrogen) atoms. The molecule has 0 aliphatic carbocycles. The molecular weight excluding hydrogens is 300 g/mol.